The van der Waals surface area contributed by atoms with Gasteiger partial charge in [0.25, 0.3) is 5.69 Å². The molecular weight excluding hydrogens is 300 g/mol. The highest BCUT2D eigenvalue weighted by Gasteiger charge is 2.40. The van der Waals surface area contributed by atoms with Gasteiger partial charge in [-0.15, -0.1) is 0 Å². The molecular formula is C13H15ClN2O5. The number of rotatable bonds is 5. The van der Waals surface area contributed by atoms with Crippen molar-refractivity contribution in [1.29, 1.82) is 0 Å². The van der Waals surface area contributed by atoms with Gasteiger partial charge in [-0.25, -0.2) is 0 Å². The molecule has 0 saturated carbocycles. The number of halogens is 1. The lowest BCUT2D eigenvalue weighted by atomic mass is 9.80. The van der Waals surface area contributed by atoms with E-state index in [1.165, 1.54) is 18.2 Å². The zero-order valence-corrected chi connectivity index (χ0v) is 11.9. The van der Waals surface area contributed by atoms with Crippen molar-refractivity contribution in [2.45, 2.75) is 12.8 Å². The average molecular weight is 315 g/mol. The fraction of sp³-hybridized carbons (Fsp3) is 0.462. The molecule has 1 aliphatic rings. The normalized spacial score (nSPS) is 17.2. The van der Waals surface area contributed by atoms with Gasteiger partial charge >= 0.3 is 5.97 Å². The van der Waals surface area contributed by atoms with Crippen molar-refractivity contribution in [2.24, 2.45) is 5.41 Å². The highest BCUT2D eigenvalue weighted by atomic mass is 35.5. The standard InChI is InChI=1S/C13H15ClN2O5/c14-10-7-9(16(19)20)1-2-11(10)15-8-13(12(17)18)3-5-21-6-4-13/h1-2,7,15H,3-6,8H2,(H,17,18). The molecule has 8 heteroatoms. The fourth-order valence-electron chi connectivity index (χ4n) is 2.25. The van der Waals surface area contributed by atoms with Crippen LogP contribution in [0.25, 0.3) is 0 Å². The summed E-state index contributed by atoms with van der Waals surface area (Å²) in [5.74, 6) is -0.878. The number of carbonyl (C=O) groups is 1. The Kier molecular flexibility index (Phi) is 4.64. The van der Waals surface area contributed by atoms with Crippen LogP contribution in [0, 0.1) is 15.5 Å². The molecule has 1 aromatic carbocycles. The fourth-order valence-corrected chi connectivity index (χ4v) is 2.50. The van der Waals surface area contributed by atoms with Gasteiger partial charge < -0.3 is 15.2 Å². The maximum Gasteiger partial charge on any atom is 0.311 e. The Bertz CT molecular complexity index is 557. The molecule has 1 saturated heterocycles. The molecule has 2 N–H and O–H groups in total. The third-order valence-corrected chi connectivity index (χ3v) is 4.00. The third kappa shape index (κ3) is 3.43. The van der Waals surface area contributed by atoms with Crippen LogP contribution in [0.2, 0.25) is 5.02 Å². The second-order valence-corrected chi connectivity index (χ2v) is 5.38. The monoisotopic (exact) mass is 314 g/mol. The molecule has 1 heterocycles. The number of ether oxygens (including phenoxy) is 1. The largest absolute Gasteiger partial charge is 0.481 e. The SMILES string of the molecule is O=C(O)C1(CNc2ccc([N+](=O)[O-])cc2Cl)CCOCC1. The molecule has 0 amide bonds. The first-order valence-corrected chi connectivity index (χ1v) is 6.81. The molecule has 0 aliphatic carbocycles. The molecule has 0 unspecified atom stereocenters. The number of nitrogens with one attached hydrogen (secondary N) is 1. The number of hydrogen-bond acceptors (Lipinski definition) is 5. The maximum atomic E-state index is 11.5. The van der Waals surface area contributed by atoms with Crippen LogP contribution in [0.4, 0.5) is 11.4 Å². The minimum Gasteiger partial charge on any atom is -0.481 e. The number of nitro benzene ring substituents is 1. The van der Waals surface area contributed by atoms with Crippen LogP contribution < -0.4 is 5.32 Å². The van der Waals surface area contributed by atoms with Gasteiger partial charge in [0.05, 0.1) is 21.0 Å². The Hall–Kier alpha value is -1.86. The molecule has 1 fully saturated rings. The number of benzene rings is 1. The summed E-state index contributed by atoms with van der Waals surface area (Å²) >= 11 is 5.98. The van der Waals surface area contributed by atoms with E-state index in [1.807, 2.05) is 0 Å². The highest BCUT2D eigenvalue weighted by Crippen LogP contribution is 2.33. The summed E-state index contributed by atoms with van der Waals surface area (Å²) in [6.45, 7) is 1.01. The van der Waals surface area contributed by atoms with Crippen molar-refractivity contribution in [2.75, 3.05) is 25.1 Å². The van der Waals surface area contributed by atoms with Gasteiger partial charge in [-0.05, 0) is 18.9 Å². The van der Waals surface area contributed by atoms with Gasteiger partial charge in [-0.1, -0.05) is 11.6 Å². The maximum absolute atomic E-state index is 11.5. The number of non-ortho nitro benzene ring substituents is 1. The van der Waals surface area contributed by atoms with Crippen LogP contribution in [0.15, 0.2) is 18.2 Å². The van der Waals surface area contributed by atoms with E-state index in [4.69, 9.17) is 16.3 Å². The number of nitro groups is 1. The number of aliphatic carboxylic acids is 1. The number of anilines is 1. The summed E-state index contributed by atoms with van der Waals surface area (Å²) in [4.78, 5) is 21.6. The molecule has 1 aromatic rings. The Morgan fingerprint density at radius 1 is 1.48 bits per heavy atom. The summed E-state index contributed by atoms with van der Waals surface area (Å²) in [5.41, 5.74) is -0.525. The van der Waals surface area contributed by atoms with E-state index < -0.39 is 16.3 Å². The van der Waals surface area contributed by atoms with E-state index in [1.54, 1.807) is 0 Å². The van der Waals surface area contributed by atoms with Gasteiger partial charge in [0, 0.05) is 31.9 Å². The first kappa shape index (κ1) is 15.5. The van der Waals surface area contributed by atoms with Crippen LogP contribution in [0.1, 0.15) is 12.8 Å². The molecule has 0 spiro atoms. The smallest absolute Gasteiger partial charge is 0.311 e. The van der Waals surface area contributed by atoms with Crippen molar-refractivity contribution in [3.63, 3.8) is 0 Å². The van der Waals surface area contributed by atoms with Crippen molar-refractivity contribution < 1.29 is 19.6 Å². The molecule has 0 radical (unpaired) electrons. The number of nitrogens with zero attached hydrogens (tertiary/aromatic N) is 1. The molecule has 21 heavy (non-hydrogen) atoms. The number of hydrogen-bond donors (Lipinski definition) is 2. The summed E-state index contributed by atoms with van der Waals surface area (Å²) in [6, 6.07) is 4.04. The average Bonchev–Trinajstić information content (AvgIpc) is 2.46. The van der Waals surface area contributed by atoms with Gasteiger partial charge in [0.2, 0.25) is 0 Å². The minimum atomic E-state index is -0.899. The van der Waals surface area contributed by atoms with E-state index >= 15 is 0 Å². The lowest BCUT2D eigenvalue weighted by Gasteiger charge is -2.33. The van der Waals surface area contributed by atoms with Crippen LogP contribution in [-0.2, 0) is 9.53 Å². The van der Waals surface area contributed by atoms with Gasteiger partial charge in [0.1, 0.15) is 0 Å². The quantitative estimate of drug-likeness (QED) is 0.639. The first-order valence-electron chi connectivity index (χ1n) is 6.44. The summed E-state index contributed by atoms with van der Waals surface area (Å²) in [7, 11) is 0. The third-order valence-electron chi connectivity index (χ3n) is 3.68. The second-order valence-electron chi connectivity index (χ2n) is 4.97. The molecule has 114 valence electrons. The van der Waals surface area contributed by atoms with Crippen molar-refractivity contribution in [1.82, 2.24) is 0 Å². The highest BCUT2D eigenvalue weighted by molar-refractivity contribution is 6.33. The zero-order valence-electron chi connectivity index (χ0n) is 11.2. The Labute approximate surface area is 126 Å². The Morgan fingerprint density at radius 2 is 2.14 bits per heavy atom. The predicted octanol–water partition coefficient (Wildman–Crippen LogP) is 2.54. The second kappa shape index (κ2) is 6.28. The van der Waals surface area contributed by atoms with Gasteiger partial charge in [-0.3, -0.25) is 14.9 Å². The topological polar surface area (TPSA) is 102 Å². The predicted molar refractivity (Wildman–Crippen MR) is 76.7 cm³/mol. The molecule has 0 aromatic heterocycles. The van der Waals surface area contributed by atoms with E-state index in [9.17, 15) is 20.0 Å². The van der Waals surface area contributed by atoms with Gasteiger partial charge in [-0.2, -0.15) is 0 Å². The van der Waals surface area contributed by atoms with E-state index in [2.05, 4.69) is 5.32 Å². The molecule has 1 aliphatic heterocycles. The van der Waals surface area contributed by atoms with Crippen LogP contribution >= 0.6 is 11.6 Å². The number of carboxylic acid groups (broad SMARTS) is 1. The van der Waals surface area contributed by atoms with Crippen molar-refractivity contribution >= 4 is 28.9 Å². The van der Waals surface area contributed by atoms with Crippen LogP contribution in [-0.4, -0.2) is 35.8 Å². The Balaban J connectivity index is 2.11. The lowest BCUT2D eigenvalue weighted by Crippen LogP contribution is -2.42. The van der Waals surface area contributed by atoms with Crippen molar-refractivity contribution in [3.8, 4) is 0 Å². The van der Waals surface area contributed by atoms with E-state index in [0.29, 0.717) is 31.7 Å². The summed E-state index contributed by atoms with van der Waals surface area (Å²) < 4.78 is 5.20. The minimum absolute atomic E-state index is 0.107. The Morgan fingerprint density at radius 3 is 2.67 bits per heavy atom. The molecule has 0 atom stereocenters. The van der Waals surface area contributed by atoms with Crippen LogP contribution in [0.3, 0.4) is 0 Å². The van der Waals surface area contributed by atoms with E-state index in [-0.39, 0.29) is 17.3 Å². The van der Waals surface area contributed by atoms with Crippen LogP contribution in [0.5, 0.6) is 0 Å². The summed E-state index contributed by atoms with van der Waals surface area (Å²) in [6.07, 6.45) is 0.833. The molecule has 2 rings (SSSR count). The first-order chi connectivity index (χ1) is 9.94. The van der Waals surface area contributed by atoms with Gasteiger partial charge in [0.15, 0.2) is 0 Å². The zero-order chi connectivity index (χ0) is 15.5. The molecule has 0 bridgehead atoms. The van der Waals surface area contributed by atoms with E-state index in [0.717, 1.165) is 0 Å². The number of carboxylic acids is 1. The lowest BCUT2D eigenvalue weighted by molar-refractivity contribution is -0.384. The molecule has 7 nitrogen and oxygen atoms in total. The van der Waals surface area contributed by atoms with Crippen molar-refractivity contribution in [3.05, 3.63) is 33.3 Å². The summed E-state index contributed by atoms with van der Waals surface area (Å²) in [5, 5.41) is 23.3.